The minimum Gasteiger partial charge on any atom is -0.393 e. The zero-order valence-electron chi connectivity index (χ0n) is 17.3. The van der Waals surface area contributed by atoms with Crippen LogP contribution in [0.4, 0.5) is 5.95 Å². The van der Waals surface area contributed by atoms with E-state index in [1.54, 1.807) is 18.5 Å². The molecule has 156 valence electrons. The topological polar surface area (TPSA) is 100 Å². The van der Waals surface area contributed by atoms with Crippen molar-refractivity contribution in [2.45, 2.75) is 57.7 Å². The van der Waals surface area contributed by atoms with Gasteiger partial charge in [-0.25, -0.2) is 9.97 Å². The molecule has 1 saturated carbocycles. The molecule has 1 unspecified atom stereocenters. The van der Waals surface area contributed by atoms with Gasteiger partial charge in [0.05, 0.1) is 23.2 Å². The first-order valence-electron chi connectivity index (χ1n) is 10.4. The zero-order valence-corrected chi connectivity index (χ0v) is 17.3. The molecule has 1 aromatic carbocycles. The number of carbonyl (C=O) groups is 1. The summed E-state index contributed by atoms with van der Waals surface area (Å²) < 4.78 is 0. The summed E-state index contributed by atoms with van der Waals surface area (Å²) in [5.41, 5.74) is 3.03. The maximum Gasteiger partial charge on any atom is 0.253 e. The predicted molar refractivity (Wildman–Crippen MR) is 116 cm³/mol. The molecule has 0 radical (unpaired) electrons. The van der Waals surface area contributed by atoms with E-state index in [9.17, 15) is 9.90 Å². The van der Waals surface area contributed by atoms with E-state index in [1.165, 1.54) is 0 Å². The maximum absolute atomic E-state index is 13.0. The van der Waals surface area contributed by atoms with Crippen LogP contribution < -0.4 is 10.6 Å². The highest BCUT2D eigenvalue weighted by atomic mass is 16.3. The Hall–Kier alpha value is -3.06. The Morgan fingerprint density at radius 3 is 2.63 bits per heavy atom. The van der Waals surface area contributed by atoms with Crippen molar-refractivity contribution in [2.75, 3.05) is 5.32 Å². The van der Waals surface area contributed by atoms with E-state index in [4.69, 9.17) is 0 Å². The minimum absolute atomic E-state index is 0.172. The lowest BCUT2D eigenvalue weighted by Gasteiger charge is -2.26. The third-order valence-electron chi connectivity index (χ3n) is 5.67. The average Bonchev–Trinajstić information content (AvgIpc) is 2.75. The smallest absolute Gasteiger partial charge is 0.253 e. The van der Waals surface area contributed by atoms with Crippen molar-refractivity contribution in [3.63, 3.8) is 0 Å². The SMILES string of the molecule is Cc1ccc(C(C)NC(=O)c2cccc3cnc(N[C@H]4CC[C@H](O)CC4)nc23)cn1. The molecule has 0 saturated heterocycles. The van der Waals surface area contributed by atoms with Crippen molar-refractivity contribution >= 4 is 22.8 Å². The van der Waals surface area contributed by atoms with Gasteiger partial charge in [0.2, 0.25) is 5.95 Å². The number of aromatic nitrogens is 3. The normalized spacial score (nSPS) is 20.0. The number of amides is 1. The third-order valence-corrected chi connectivity index (χ3v) is 5.67. The van der Waals surface area contributed by atoms with Gasteiger partial charge in [-0.05, 0) is 57.2 Å². The van der Waals surface area contributed by atoms with Crippen molar-refractivity contribution in [3.05, 3.63) is 59.5 Å². The van der Waals surface area contributed by atoms with Crippen LogP contribution in [0.15, 0.2) is 42.7 Å². The second kappa shape index (κ2) is 8.75. The van der Waals surface area contributed by atoms with Gasteiger partial charge >= 0.3 is 0 Å². The monoisotopic (exact) mass is 405 g/mol. The number of aliphatic hydroxyl groups excluding tert-OH is 1. The van der Waals surface area contributed by atoms with Gasteiger partial charge in [-0.1, -0.05) is 18.2 Å². The van der Waals surface area contributed by atoms with Crippen molar-refractivity contribution in [1.82, 2.24) is 20.3 Å². The lowest BCUT2D eigenvalue weighted by Crippen LogP contribution is -2.29. The van der Waals surface area contributed by atoms with Gasteiger partial charge in [-0.3, -0.25) is 9.78 Å². The van der Waals surface area contributed by atoms with Crippen LogP contribution in [0.1, 0.15) is 60.3 Å². The summed E-state index contributed by atoms with van der Waals surface area (Å²) in [6, 6.07) is 9.50. The van der Waals surface area contributed by atoms with E-state index in [-0.39, 0.29) is 24.1 Å². The molecule has 30 heavy (non-hydrogen) atoms. The molecular weight excluding hydrogens is 378 g/mol. The van der Waals surface area contributed by atoms with Crippen molar-refractivity contribution in [3.8, 4) is 0 Å². The Balaban J connectivity index is 1.54. The number of pyridine rings is 1. The van der Waals surface area contributed by atoms with Crippen LogP contribution in [0.5, 0.6) is 0 Å². The summed E-state index contributed by atoms with van der Waals surface area (Å²) >= 11 is 0. The number of hydrogen-bond acceptors (Lipinski definition) is 6. The lowest BCUT2D eigenvalue weighted by atomic mass is 9.93. The minimum atomic E-state index is -0.207. The largest absolute Gasteiger partial charge is 0.393 e. The molecule has 3 N–H and O–H groups in total. The molecule has 0 spiro atoms. The first kappa shape index (κ1) is 20.2. The number of nitrogens with one attached hydrogen (secondary N) is 2. The van der Waals surface area contributed by atoms with Crippen LogP contribution in [0.2, 0.25) is 0 Å². The Labute approximate surface area is 176 Å². The van der Waals surface area contributed by atoms with Crippen LogP contribution in [0.3, 0.4) is 0 Å². The fraction of sp³-hybridized carbons (Fsp3) is 0.391. The first-order chi connectivity index (χ1) is 14.5. The van der Waals surface area contributed by atoms with Crippen molar-refractivity contribution in [2.24, 2.45) is 0 Å². The van der Waals surface area contributed by atoms with Crippen LogP contribution in [0.25, 0.3) is 10.9 Å². The highest BCUT2D eigenvalue weighted by molar-refractivity contribution is 6.05. The van der Waals surface area contributed by atoms with E-state index < -0.39 is 0 Å². The number of anilines is 1. The molecule has 7 nitrogen and oxygen atoms in total. The van der Waals surface area contributed by atoms with Crippen LogP contribution in [0, 0.1) is 6.92 Å². The summed E-state index contributed by atoms with van der Waals surface area (Å²) in [7, 11) is 0. The number of benzene rings is 1. The molecule has 1 fully saturated rings. The number of nitrogens with zero attached hydrogens (tertiary/aromatic N) is 3. The molecule has 1 aliphatic carbocycles. The molecule has 3 aromatic rings. The van der Waals surface area contributed by atoms with E-state index in [1.807, 2.05) is 38.1 Å². The fourth-order valence-corrected chi connectivity index (χ4v) is 3.80. The highest BCUT2D eigenvalue weighted by Gasteiger charge is 2.21. The first-order valence-corrected chi connectivity index (χ1v) is 10.4. The highest BCUT2D eigenvalue weighted by Crippen LogP contribution is 2.23. The van der Waals surface area contributed by atoms with E-state index in [0.717, 1.165) is 42.3 Å². The second-order valence-electron chi connectivity index (χ2n) is 8.01. The van der Waals surface area contributed by atoms with Gasteiger partial charge in [0.25, 0.3) is 5.91 Å². The van der Waals surface area contributed by atoms with Crippen LogP contribution in [-0.4, -0.2) is 38.1 Å². The number of rotatable bonds is 5. The maximum atomic E-state index is 13.0. The molecule has 0 aliphatic heterocycles. The average molecular weight is 406 g/mol. The number of para-hydroxylation sites is 1. The Morgan fingerprint density at radius 1 is 1.10 bits per heavy atom. The Bertz CT molecular complexity index is 1030. The van der Waals surface area contributed by atoms with Crippen LogP contribution in [-0.2, 0) is 0 Å². The summed E-state index contributed by atoms with van der Waals surface area (Å²) in [6.45, 7) is 3.87. The van der Waals surface area contributed by atoms with E-state index in [0.29, 0.717) is 17.0 Å². The molecule has 1 aliphatic rings. The Kier molecular flexibility index (Phi) is 5.90. The van der Waals surface area contributed by atoms with Crippen molar-refractivity contribution < 1.29 is 9.90 Å². The molecule has 0 bridgehead atoms. The van der Waals surface area contributed by atoms with E-state index >= 15 is 0 Å². The molecule has 2 heterocycles. The molecular formula is C23H27N5O2. The lowest BCUT2D eigenvalue weighted by molar-refractivity contribution is 0.0941. The summed E-state index contributed by atoms with van der Waals surface area (Å²) in [5, 5.41) is 16.9. The van der Waals surface area contributed by atoms with Crippen LogP contribution >= 0.6 is 0 Å². The van der Waals surface area contributed by atoms with Crippen molar-refractivity contribution in [1.29, 1.82) is 0 Å². The summed E-state index contributed by atoms with van der Waals surface area (Å²) in [6.07, 6.45) is 6.65. The third kappa shape index (κ3) is 4.57. The fourth-order valence-electron chi connectivity index (χ4n) is 3.80. The number of hydrogen-bond donors (Lipinski definition) is 3. The molecule has 4 rings (SSSR count). The van der Waals surface area contributed by atoms with Gasteiger partial charge in [-0.15, -0.1) is 0 Å². The van der Waals surface area contributed by atoms with Gasteiger partial charge in [0, 0.05) is 29.5 Å². The van der Waals surface area contributed by atoms with E-state index in [2.05, 4.69) is 25.6 Å². The number of carbonyl (C=O) groups excluding carboxylic acids is 1. The Morgan fingerprint density at radius 2 is 1.90 bits per heavy atom. The van der Waals surface area contributed by atoms with Gasteiger partial charge < -0.3 is 15.7 Å². The number of aliphatic hydroxyl groups is 1. The number of fused-ring (bicyclic) bond motifs is 1. The van der Waals surface area contributed by atoms with Gasteiger partial charge in [-0.2, -0.15) is 0 Å². The van der Waals surface area contributed by atoms with Gasteiger partial charge in [0.15, 0.2) is 0 Å². The summed E-state index contributed by atoms with van der Waals surface area (Å²) in [5.74, 6) is 0.332. The molecule has 1 atom stereocenters. The summed E-state index contributed by atoms with van der Waals surface area (Å²) in [4.78, 5) is 26.4. The number of aryl methyl sites for hydroxylation is 1. The quantitative estimate of drug-likeness (QED) is 0.600. The molecule has 7 heteroatoms. The zero-order chi connectivity index (χ0) is 21.1. The molecule has 1 amide bonds. The van der Waals surface area contributed by atoms with Gasteiger partial charge in [0.1, 0.15) is 0 Å². The second-order valence-corrected chi connectivity index (χ2v) is 8.01. The molecule has 2 aromatic heterocycles. The standard InChI is InChI=1S/C23H27N5O2/c1-14-6-7-16(12-24-14)15(2)26-22(30)20-5-3-4-17-13-25-23(28-21(17)20)27-18-8-10-19(29)11-9-18/h3-7,12-13,15,18-19,29H,8-11H2,1-2H3,(H,26,30)(H,25,27,28)/t15?,18-,19-. The predicted octanol–water partition coefficient (Wildman–Crippen LogP) is 3.54.